The van der Waals surface area contributed by atoms with E-state index in [2.05, 4.69) is 20.3 Å². The van der Waals surface area contributed by atoms with Gasteiger partial charge in [-0.15, -0.1) is 5.10 Å². The Morgan fingerprint density at radius 3 is 2.37 bits per heavy atom. The lowest BCUT2D eigenvalue weighted by molar-refractivity contribution is -0.137. The third-order valence-corrected chi connectivity index (χ3v) is 5.80. The second kappa shape index (κ2) is 8.75. The van der Waals surface area contributed by atoms with E-state index >= 15 is 0 Å². The molecule has 0 unspecified atom stereocenters. The molecule has 9 nitrogen and oxygen atoms in total. The Morgan fingerprint density at radius 1 is 1.09 bits per heavy atom. The summed E-state index contributed by atoms with van der Waals surface area (Å²) in [6.07, 6.45) is -2.98. The highest BCUT2D eigenvalue weighted by atomic mass is 19.4. The van der Waals surface area contributed by atoms with E-state index in [1.807, 2.05) is 6.07 Å². The van der Waals surface area contributed by atoms with E-state index in [0.717, 1.165) is 11.9 Å². The van der Waals surface area contributed by atoms with E-state index in [0.29, 0.717) is 43.1 Å². The van der Waals surface area contributed by atoms with Gasteiger partial charge in [-0.05, 0) is 24.3 Å². The van der Waals surface area contributed by atoms with E-state index in [9.17, 15) is 18.0 Å². The molecule has 1 aromatic carbocycles. The number of aromatic nitrogens is 3. The highest BCUT2D eigenvalue weighted by Crippen LogP contribution is 2.37. The number of guanidine groups is 1. The number of amides is 1. The van der Waals surface area contributed by atoms with Gasteiger partial charge in [0, 0.05) is 37.2 Å². The first kappa shape index (κ1) is 24.3. The summed E-state index contributed by atoms with van der Waals surface area (Å²) in [5.74, 6) is 0.239. The molecule has 4 N–H and O–H groups in total. The molecule has 0 aliphatic carbocycles. The minimum absolute atomic E-state index is 0.0434. The molecule has 0 radical (unpaired) electrons. The second-order valence-electron chi connectivity index (χ2n) is 9.44. The normalized spacial score (nSPS) is 14.9. The number of hydrogen-bond donors (Lipinski definition) is 3. The molecule has 0 atom stereocenters. The first-order chi connectivity index (χ1) is 16.3. The van der Waals surface area contributed by atoms with Crippen LogP contribution >= 0.6 is 0 Å². The molecule has 0 bridgehead atoms. The highest BCUT2D eigenvalue weighted by Gasteiger charge is 2.35. The number of imidazole rings is 1. The number of alkyl halides is 3. The van der Waals surface area contributed by atoms with Crippen molar-refractivity contribution in [2.75, 3.05) is 36.4 Å². The third-order valence-electron chi connectivity index (χ3n) is 5.80. The van der Waals surface area contributed by atoms with Crippen molar-refractivity contribution in [1.82, 2.24) is 19.5 Å². The fraction of sp³-hybridized carbons (Fsp3) is 0.391. The lowest BCUT2D eigenvalue weighted by atomic mass is 9.95. The van der Waals surface area contributed by atoms with Gasteiger partial charge in [-0.25, -0.2) is 9.50 Å². The fourth-order valence-electron chi connectivity index (χ4n) is 3.72. The molecule has 1 amide bonds. The number of halogens is 3. The van der Waals surface area contributed by atoms with Crippen molar-refractivity contribution in [2.45, 2.75) is 26.9 Å². The number of anilines is 2. The first-order valence-corrected chi connectivity index (χ1v) is 11.1. The Labute approximate surface area is 200 Å². The summed E-state index contributed by atoms with van der Waals surface area (Å²) in [6, 6.07) is 7.19. The number of hydrogen-bond acceptors (Lipinski definition) is 5. The number of nitrogens with one attached hydrogen (secondary N) is 2. The van der Waals surface area contributed by atoms with Crippen LogP contribution in [0.4, 0.5) is 24.7 Å². The molecular weight excluding hydrogens is 461 g/mol. The zero-order valence-electron chi connectivity index (χ0n) is 19.6. The van der Waals surface area contributed by atoms with Crippen molar-refractivity contribution >= 4 is 29.0 Å². The SMILES string of the molecule is CC(C)(C)C(=O)Nc1cc(-c2cn3nc(N4CCN(C(=N)N)CC4)ccc3n2)ccc1C(F)(F)F. The topological polar surface area (TPSA) is 116 Å². The first-order valence-electron chi connectivity index (χ1n) is 11.1. The quantitative estimate of drug-likeness (QED) is 0.384. The molecule has 3 aromatic rings. The maximum absolute atomic E-state index is 13.6. The molecule has 3 heterocycles. The molecule has 1 aliphatic rings. The van der Waals surface area contributed by atoms with Crippen LogP contribution in [0.5, 0.6) is 0 Å². The number of carbonyl (C=O) groups is 1. The van der Waals surface area contributed by atoms with Gasteiger partial charge in [-0.3, -0.25) is 10.2 Å². The zero-order chi connectivity index (χ0) is 25.5. The van der Waals surface area contributed by atoms with Crippen LogP contribution in [-0.2, 0) is 11.0 Å². The summed E-state index contributed by atoms with van der Waals surface area (Å²) >= 11 is 0. The largest absolute Gasteiger partial charge is 0.418 e. The molecule has 35 heavy (non-hydrogen) atoms. The van der Waals surface area contributed by atoms with E-state index < -0.39 is 23.1 Å². The Bertz CT molecular complexity index is 1270. The van der Waals surface area contributed by atoms with Gasteiger partial charge in [-0.1, -0.05) is 26.8 Å². The van der Waals surface area contributed by atoms with Crippen molar-refractivity contribution in [3.05, 3.63) is 42.1 Å². The van der Waals surface area contributed by atoms with Gasteiger partial charge >= 0.3 is 6.18 Å². The molecule has 4 rings (SSSR count). The van der Waals surface area contributed by atoms with E-state index in [-0.39, 0.29) is 11.6 Å². The molecule has 1 saturated heterocycles. The predicted octanol–water partition coefficient (Wildman–Crippen LogP) is 3.42. The monoisotopic (exact) mass is 488 g/mol. The van der Waals surface area contributed by atoms with Crippen LogP contribution in [0.2, 0.25) is 0 Å². The van der Waals surface area contributed by atoms with Crippen LogP contribution in [0.3, 0.4) is 0 Å². The van der Waals surface area contributed by atoms with Gasteiger partial charge in [0.1, 0.15) is 5.82 Å². The molecule has 1 fully saturated rings. The zero-order valence-corrected chi connectivity index (χ0v) is 19.6. The summed E-state index contributed by atoms with van der Waals surface area (Å²) < 4.78 is 42.3. The lowest BCUT2D eigenvalue weighted by Crippen LogP contribution is -2.51. The predicted molar refractivity (Wildman–Crippen MR) is 127 cm³/mol. The minimum atomic E-state index is -4.62. The molecule has 0 saturated carbocycles. The molecular formula is C23H27F3N8O. The van der Waals surface area contributed by atoms with Gasteiger partial charge in [0.15, 0.2) is 11.6 Å². The summed E-state index contributed by atoms with van der Waals surface area (Å²) in [4.78, 5) is 20.8. The Hall–Kier alpha value is -3.83. The number of benzene rings is 1. The third kappa shape index (κ3) is 5.15. The summed E-state index contributed by atoms with van der Waals surface area (Å²) in [6.45, 7) is 7.41. The van der Waals surface area contributed by atoms with Crippen molar-refractivity contribution in [3.63, 3.8) is 0 Å². The maximum Gasteiger partial charge on any atom is 0.418 e. The average molecular weight is 489 g/mol. The summed E-state index contributed by atoms with van der Waals surface area (Å²) in [7, 11) is 0. The molecule has 186 valence electrons. The van der Waals surface area contributed by atoms with Gasteiger partial charge < -0.3 is 20.9 Å². The standard InChI is InChI=1S/C23H27F3N8O/c1-22(2,3)20(35)30-16-12-14(4-5-15(16)23(24,25)26)17-13-34-18(29-17)6-7-19(31-34)32-8-10-33(11-9-32)21(27)28/h4-7,12-13H,8-11H2,1-3H3,(H3,27,28)(H,30,35). The number of carbonyl (C=O) groups excluding carboxylic acids is 1. The average Bonchev–Trinajstić information content (AvgIpc) is 3.21. The van der Waals surface area contributed by atoms with E-state index in [4.69, 9.17) is 11.1 Å². The van der Waals surface area contributed by atoms with Crippen LogP contribution in [0.15, 0.2) is 36.5 Å². The van der Waals surface area contributed by atoms with Crippen LogP contribution < -0.4 is 16.0 Å². The van der Waals surface area contributed by atoms with E-state index in [1.165, 1.54) is 12.1 Å². The number of fused-ring (bicyclic) bond motifs is 1. The van der Waals surface area contributed by atoms with Gasteiger partial charge in [0.25, 0.3) is 0 Å². The van der Waals surface area contributed by atoms with Crippen LogP contribution in [-0.4, -0.2) is 57.5 Å². The van der Waals surface area contributed by atoms with Crippen molar-refractivity contribution in [2.24, 2.45) is 11.1 Å². The fourth-order valence-corrected chi connectivity index (χ4v) is 3.72. The maximum atomic E-state index is 13.6. The lowest BCUT2D eigenvalue weighted by Gasteiger charge is -2.35. The number of rotatable bonds is 3. The van der Waals surface area contributed by atoms with Crippen LogP contribution in [0.25, 0.3) is 16.9 Å². The van der Waals surface area contributed by atoms with Gasteiger partial charge in [-0.2, -0.15) is 13.2 Å². The Morgan fingerprint density at radius 2 is 1.77 bits per heavy atom. The smallest absolute Gasteiger partial charge is 0.370 e. The Kier molecular flexibility index (Phi) is 6.07. The second-order valence-corrected chi connectivity index (χ2v) is 9.44. The number of piperazine rings is 1. The molecule has 2 aromatic heterocycles. The minimum Gasteiger partial charge on any atom is -0.370 e. The summed E-state index contributed by atoms with van der Waals surface area (Å²) in [5, 5.41) is 14.6. The molecule has 12 heteroatoms. The van der Waals surface area contributed by atoms with Gasteiger partial charge in [0.05, 0.1) is 23.1 Å². The molecule has 0 spiro atoms. The van der Waals surface area contributed by atoms with Crippen LogP contribution in [0, 0.1) is 10.8 Å². The van der Waals surface area contributed by atoms with Crippen molar-refractivity contribution < 1.29 is 18.0 Å². The van der Waals surface area contributed by atoms with Crippen LogP contribution in [0.1, 0.15) is 26.3 Å². The highest BCUT2D eigenvalue weighted by molar-refractivity contribution is 5.96. The van der Waals surface area contributed by atoms with E-state index in [1.54, 1.807) is 42.4 Å². The van der Waals surface area contributed by atoms with Gasteiger partial charge in [0.2, 0.25) is 5.91 Å². The molecule has 1 aliphatic heterocycles. The number of nitrogens with zero attached hydrogens (tertiary/aromatic N) is 5. The van der Waals surface area contributed by atoms with Crippen molar-refractivity contribution in [1.29, 1.82) is 5.41 Å². The van der Waals surface area contributed by atoms with Crippen molar-refractivity contribution in [3.8, 4) is 11.3 Å². The summed E-state index contributed by atoms with van der Waals surface area (Å²) in [5.41, 5.74) is 4.83. The number of nitrogens with two attached hydrogens (primary N) is 1. The Balaban J connectivity index is 1.64.